The van der Waals surface area contributed by atoms with E-state index in [0.717, 1.165) is 25.0 Å². The summed E-state index contributed by atoms with van der Waals surface area (Å²) in [4.78, 5) is 36.5. The predicted octanol–water partition coefficient (Wildman–Crippen LogP) is 0.800. The van der Waals surface area contributed by atoms with E-state index in [0.29, 0.717) is 71.1 Å². The Hall–Kier alpha value is -1.60. The predicted molar refractivity (Wildman–Crippen MR) is 132 cm³/mol. The third kappa shape index (κ3) is 11.8. The molecule has 0 saturated carbocycles. The van der Waals surface area contributed by atoms with Crippen molar-refractivity contribution in [3.63, 3.8) is 0 Å². The van der Waals surface area contributed by atoms with Gasteiger partial charge in [-0.3, -0.25) is 9.59 Å². The maximum Gasteiger partial charge on any atom is 0.317 e. The topological polar surface area (TPSA) is 125 Å². The number of fused-ring (bicyclic) bond motifs is 1. The van der Waals surface area contributed by atoms with Crippen molar-refractivity contribution in [2.24, 2.45) is 0 Å². The molecule has 3 atom stereocenters. The Kier molecular flexibility index (Phi) is 15.0. The van der Waals surface area contributed by atoms with Crippen LogP contribution in [0.1, 0.15) is 32.1 Å². The SMILES string of the molecule is COC(=O)CCOCCOCCOCCOCCNC(=O)CCCCC1SCC2NC(=O)N(C)C21. The summed E-state index contributed by atoms with van der Waals surface area (Å²) in [5.74, 6) is 0.728. The van der Waals surface area contributed by atoms with Gasteiger partial charge in [-0.05, 0) is 12.8 Å². The first-order chi connectivity index (χ1) is 17.0. The van der Waals surface area contributed by atoms with Gasteiger partial charge in [-0.2, -0.15) is 11.8 Å². The molecular formula is C23H41N3O8S. The lowest BCUT2D eigenvalue weighted by Gasteiger charge is -2.23. The van der Waals surface area contributed by atoms with Crippen LogP contribution in [0.3, 0.4) is 0 Å². The van der Waals surface area contributed by atoms with Crippen molar-refractivity contribution in [1.82, 2.24) is 15.5 Å². The molecule has 0 bridgehead atoms. The average Bonchev–Trinajstić information content (AvgIpc) is 3.37. The fourth-order valence-corrected chi connectivity index (χ4v) is 5.62. The third-order valence-electron chi connectivity index (χ3n) is 5.86. The molecule has 2 fully saturated rings. The first-order valence-corrected chi connectivity index (χ1v) is 13.4. The van der Waals surface area contributed by atoms with Crippen LogP contribution in [0.15, 0.2) is 0 Å². The highest BCUT2D eigenvalue weighted by Crippen LogP contribution is 2.36. The minimum Gasteiger partial charge on any atom is -0.469 e. The minimum absolute atomic E-state index is 0.0276. The summed E-state index contributed by atoms with van der Waals surface area (Å²) in [5.41, 5.74) is 0. The fourth-order valence-electron chi connectivity index (χ4n) is 3.98. The molecule has 2 aliphatic rings. The molecule has 202 valence electrons. The summed E-state index contributed by atoms with van der Waals surface area (Å²) in [5, 5.41) is 6.36. The Balaban J connectivity index is 1.30. The van der Waals surface area contributed by atoms with Crippen LogP contribution in [-0.4, -0.2) is 119 Å². The van der Waals surface area contributed by atoms with Gasteiger partial charge in [0.05, 0.1) is 78.5 Å². The number of nitrogens with one attached hydrogen (secondary N) is 2. The van der Waals surface area contributed by atoms with Gasteiger partial charge in [0.15, 0.2) is 0 Å². The number of esters is 1. The van der Waals surface area contributed by atoms with Crippen molar-refractivity contribution < 1.29 is 38.1 Å². The van der Waals surface area contributed by atoms with Gasteiger partial charge in [-0.1, -0.05) is 6.42 Å². The second-order valence-corrected chi connectivity index (χ2v) is 9.67. The summed E-state index contributed by atoms with van der Waals surface area (Å²) >= 11 is 1.92. The van der Waals surface area contributed by atoms with Gasteiger partial charge in [-0.15, -0.1) is 0 Å². The molecule has 11 nitrogen and oxygen atoms in total. The highest BCUT2D eigenvalue weighted by Gasteiger charge is 2.46. The monoisotopic (exact) mass is 519 g/mol. The standard InChI is InChI=1S/C23H41N3O8S/c1-26-22-18(25-23(26)29)17-35-19(22)5-3-4-6-20(27)24-8-10-32-12-14-34-16-15-33-13-11-31-9-7-21(28)30-2/h18-19,22H,3-17H2,1-2H3,(H,24,27)(H,25,29). The molecule has 0 aromatic heterocycles. The maximum atomic E-state index is 12.0. The summed E-state index contributed by atoms with van der Waals surface area (Å²) in [6.07, 6.45) is 3.61. The van der Waals surface area contributed by atoms with Crippen molar-refractivity contribution in [2.75, 3.05) is 79.3 Å². The molecule has 2 rings (SSSR count). The lowest BCUT2D eigenvalue weighted by atomic mass is 10.0. The number of carbonyl (C=O) groups is 3. The quantitative estimate of drug-likeness (QED) is 0.137. The molecule has 0 aromatic carbocycles. The van der Waals surface area contributed by atoms with Crippen molar-refractivity contribution in [1.29, 1.82) is 0 Å². The molecule has 3 unspecified atom stereocenters. The van der Waals surface area contributed by atoms with E-state index in [9.17, 15) is 14.4 Å². The number of carbonyl (C=O) groups excluding carboxylic acids is 3. The van der Waals surface area contributed by atoms with Crippen LogP contribution in [0, 0.1) is 0 Å². The van der Waals surface area contributed by atoms with E-state index in [1.54, 1.807) is 0 Å². The second-order valence-electron chi connectivity index (χ2n) is 8.40. The molecule has 3 amide bonds. The fraction of sp³-hybridized carbons (Fsp3) is 0.870. The Morgan fingerprint density at radius 1 is 0.971 bits per heavy atom. The lowest BCUT2D eigenvalue weighted by Crippen LogP contribution is -2.38. The largest absolute Gasteiger partial charge is 0.469 e. The van der Waals surface area contributed by atoms with Crippen molar-refractivity contribution in [2.45, 2.75) is 49.4 Å². The number of nitrogens with zero attached hydrogens (tertiary/aromatic N) is 1. The maximum absolute atomic E-state index is 12.0. The number of unbranched alkanes of at least 4 members (excludes halogenated alkanes) is 1. The van der Waals surface area contributed by atoms with Gasteiger partial charge in [0.1, 0.15) is 0 Å². The van der Waals surface area contributed by atoms with Crippen molar-refractivity contribution >= 4 is 29.7 Å². The molecule has 12 heteroatoms. The van der Waals surface area contributed by atoms with Crippen LogP contribution in [-0.2, 0) is 33.3 Å². The zero-order valence-electron chi connectivity index (χ0n) is 21.0. The van der Waals surface area contributed by atoms with Crippen LogP contribution in [0.25, 0.3) is 0 Å². The zero-order chi connectivity index (χ0) is 25.3. The number of hydrogen-bond acceptors (Lipinski definition) is 9. The number of thioether (sulfide) groups is 1. The molecule has 2 N–H and O–H groups in total. The van der Waals surface area contributed by atoms with Crippen LogP contribution >= 0.6 is 11.8 Å². The third-order valence-corrected chi connectivity index (χ3v) is 7.36. The Bertz CT molecular complexity index is 642. The number of hydrogen-bond donors (Lipinski definition) is 2. The van der Waals surface area contributed by atoms with E-state index < -0.39 is 0 Å². The molecule has 2 heterocycles. The second kappa shape index (κ2) is 17.8. The summed E-state index contributed by atoms with van der Waals surface area (Å²) in [7, 11) is 3.22. The van der Waals surface area contributed by atoms with E-state index in [-0.39, 0.29) is 36.4 Å². The van der Waals surface area contributed by atoms with Gasteiger partial charge in [0.25, 0.3) is 0 Å². The highest BCUT2D eigenvalue weighted by molar-refractivity contribution is 8.00. The van der Waals surface area contributed by atoms with Crippen molar-refractivity contribution in [3.8, 4) is 0 Å². The van der Waals surface area contributed by atoms with Crippen LogP contribution < -0.4 is 10.6 Å². The van der Waals surface area contributed by atoms with Gasteiger partial charge in [0.2, 0.25) is 5.91 Å². The van der Waals surface area contributed by atoms with E-state index >= 15 is 0 Å². The molecule has 0 radical (unpaired) electrons. The molecule has 0 aliphatic carbocycles. The number of ether oxygens (including phenoxy) is 5. The van der Waals surface area contributed by atoms with Crippen LogP contribution in [0.5, 0.6) is 0 Å². The number of urea groups is 1. The van der Waals surface area contributed by atoms with E-state index in [1.165, 1.54) is 7.11 Å². The number of methoxy groups -OCH3 is 1. The van der Waals surface area contributed by atoms with Crippen LogP contribution in [0.4, 0.5) is 4.79 Å². The number of likely N-dealkylation sites (N-methyl/N-ethyl adjacent to an activating group) is 1. The number of rotatable bonds is 20. The average molecular weight is 520 g/mol. The van der Waals surface area contributed by atoms with E-state index in [1.807, 2.05) is 23.7 Å². The Labute approximate surface area is 212 Å². The Morgan fingerprint density at radius 3 is 2.26 bits per heavy atom. The minimum atomic E-state index is -0.289. The van der Waals surface area contributed by atoms with Gasteiger partial charge < -0.3 is 39.2 Å². The first kappa shape index (κ1) is 29.6. The normalized spacial score (nSPS) is 21.1. The molecule has 35 heavy (non-hydrogen) atoms. The van der Waals surface area contributed by atoms with Gasteiger partial charge >= 0.3 is 12.0 Å². The van der Waals surface area contributed by atoms with Gasteiger partial charge in [-0.25, -0.2) is 4.79 Å². The van der Waals surface area contributed by atoms with Gasteiger partial charge in [0, 0.05) is 31.0 Å². The zero-order valence-corrected chi connectivity index (χ0v) is 21.8. The summed E-state index contributed by atoms with van der Waals surface area (Å²) < 4.78 is 26.0. The first-order valence-electron chi connectivity index (χ1n) is 12.3. The molecule has 0 spiro atoms. The molecular weight excluding hydrogens is 478 g/mol. The summed E-state index contributed by atoms with van der Waals surface area (Å²) in [6, 6.07) is 0.570. The lowest BCUT2D eigenvalue weighted by molar-refractivity contribution is -0.142. The molecule has 2 saturated heterocycles. The molecule has 2 aliphatic heterocycles. The smallest absolute Gasteiger partial charge is 0.317 e. The summed E-state index contributed by atoms with van der Waals surface area (Å²) in [6.45, 7) is 3.97. The van der Waals surface area contributed by atoms with Crippen LogP contribution in [0.2, 0.25) is 0 Å². The van der Waals surface area contributed by atoms with Crippen molar-refractivity contribution in [3.05, 3.63) is 0 Å². The molecule has 0 aromatic rings. The Morgan fingerprint density at radius 2 is 1.60 bits per heavy atom. The number of amides is 3. The highest BCUT2D eigenvalue weighted by atomic mass is 32.2. The van der Waals surface area contributed by atoms with E-state index in [4.69, 9.17) is 18.9 Å². The van der Waals surface area contributed by atoms with E-state index in [2.05, 4.69) is 15.4 Å².